The molecule has 2 nitrogen and oxygen atoms in total. The zero-order valence-electron chi connectivity index (χ0n) is 11.2. The fraction of sp³-hybridized carbons (Fsp3) is 0.308. The van der Waals surface area contributed by atoms with Gasteiger partial charge in [0.1, 0.15) is 4.88 Å². The van der Waals surface area contributed by atoms with Crippen LogP contribution in [0, 0.1) is 0 Å². The summed E-state index contributed by atoms with van der Waals surface area (Å²) in [5.41, 5.74) is -1.50. The van der Waals surface area contributed by atoms with Gasteiger partial charge in [0.05, 0.1) is 7.11 Å². The van der Waals surface area contributed by atoms with Crippen LogP contribution in [0.25, 0.3) is 10.1 Å². The van der Waals surface area contributed by atoms with Crippen LogP contribution in [0.5, 0.6) is 0 Å². The predicted molar refractivity (Wildman–Crippen MR) is 68.1 cm³/mol. The van der Waals surface area contributed by atoms with Gasteiger partial charge in [0, 0.05) is 10.3 Å². The molecular formula is C13H7F7O2S. The van der Waals surface area contributed by atoms with E-state index in [2.05, 4.69) is 4.74 Å². The van der Waals surface area contributed by atoms with Crippen molar-refractivity contribution in [2.45, 2.75) is 18.0 Å². The van der Waals surface area contributed by atoms with Crippen molar-refractivity contribution in [3.05, 3.63) is 34.7 Å². The Morgan fingerprint density at radius 3 is 2.17 bits per heavy atom. The summed E-state index contributed by atoms with van der Waals surface area (Å²) < 4.78 is 94.6. The lowest BCUT2D eigenvalue weighted by Gasteiger charge is -2.28. The lowest BCUT2D eigenvalue weighted by Crippen LogP contribution is -2.49. The molecule has 0 bridgehead atoms. The number of hydrogen-bond acceptors (Lipinski definition) is 3. The maximum atomic E-state index is 13.6. The maximum absolute atomic E-state index is 13.6. The first-order valence-corrected chi connectivity index (χ1v) is 6.68. The van der Waals surface area contributed by atoms with Gasteiger partial charge < -0.3 is 4.74 Å². The Balaban J connectivity index is 2.53. The van der Waals surface area contributed by atoms with E-state index in [1.54, 1.807) is 0 Å². The van der Waals surface area contributed by atoms with Crippen molar-refractivity contribution in [2.75, 3.05) is 7.11 Å². The molecule has 10 heteroatoms. The molecule has 0 radical (unpaired) electrons. The first-order valence-electron chi connectivity index (χ1n) is 5.86. The van der Waals surface area contributed by atoms with Gasteiger partial charge in [-0.05, 0) is 23.6 Å². The van der Waals surface area contributed by atoms with Gasteiger partial charge in [0.25, 0.3) is 0 Å². The van der Waals surface area contributed by atoms with Crippen molar-refractivity contribution in [2.24, 2.45) is 0 Å². The normalized spacial score (nSPS) is 13.4. The Morgan fingerprint density at radius 1 is 1.04 bits per heavy atom. The smallest absolute Gasteiger partial charge is 0.460 e. The van der Waals surface area contributed by atoms with Crippen molar-refractivity contribution < 1.29 is 40.3 Å². The molecule has 0 aliphatic carbocycles. The average Bonchev–Trinajstić information content (AvgIpc) is 2.87. The van der Waals surface area contributed by atoms with Crippen LogP contribution in [0.4, 0.5) is 30.7 Å². The fourth-order valence-electron chi connectivity index (χ4n) is 1.80. The predicted octanol–water partition coefficient (Wildman–Crippen LogP) is 4.98. The zero-order chi connectivity index (χ0) is 17.6. The number of fused-ring (bicyclic) bond motifs is 1. The standard InChI is InChI=1S/C13H7F7O2S/c1-22-10(21)9-5-6-4-7(2-3-8(6)23-9)11(14,15)12(16,17)13(18,19)20/h2-5H,1H3. The van der Waals surface area contributed by atoms with Gasteiger partial charge in [-0.3, -0.25) is 0 Å². The van der Waals surface area contributed by atoms with Crippen LogP contribution in [0.15, 0.2) is 24.3 Å². The first-order chi connectivity index (χ1) is 10.4. The quantitative estimate of drug-likeness (QED) is 0.570. The van der Waals surface area contributed by atoms with E-state index < -0.39 is 29.6 Å². The van der Waals surface area contributed by atoms with Crippen molar-refractivity contribution in [1.82, 2.24) is 0 Å². The van der Waals surface area contributed by atoms with Gasteiger partial charge in [-0.2, -0.15) is 30.7 Å². The van der Waals surface area contributed by atoms with Crippen molar-refractivity contribution in [1.29, 1.82) is 0 Å². The molecule has 1 aromatic carbocycles. The summed E-state index contributed by atoms with van der Waals surface area (Å²) in [6.45, 7) is 0. The van der Waals surface area contributed by atoms with E-state index in [4.69, 9.17) is 0 Å². The molecule has 0 unspecified atom stereocenters. The lowest BCUT2D eigenvalue weighted by molar-refractivity contribution is -0.359. The molecule has 1 aromatic heterocycles. The Hall–Kier alpha value is -1.84. The number of methoxy groups -OCH3 is 1. The molecule has 126 valence electrons. The van der Waals surface area contributed by atoms with E-state index in [9.17, 15) is 35.5 Å². The van der Waals surface area contributed by atoms with E-state index in [0.29, 0.717) is 12.1 Å². The summed E-state index contributed by atoms with van der Waals surface area (Å²) in [4.78, 5) is 11.3. The number of carbonyl (C=O) groups excluding carboxylic acids is 1. The fourth-order valence-corrected chi connectivity index (χ4v) is 2.76. The van der Waals surface area contributed by atoms with Crippen LogP contribution in [0.1, 0.15) is 15.2 Å². The minimum atomic E-state index is -6.41. The van der Waals surface area contributed by atoms with Gasteiger partial charge in [-0.15, -0.1) is 11.3 Å². The average molecular weight is 360 g/mol. The minimum absolute atomic E-state index is 0.00514. The Kier molecular flexibility index (Phi) is 4.08. The van der Waals surface area contributed by atoms with Crippen LogP contribution in [-0.2, 0) is 10.7 Å². The van der Waals surface area contributed by atoms with Crippen molar-refractivity contribution >= 4 is 27.4 Å². The van der Waals surface area contributed by atoms with Crippen molar-refractivity contribution in [3.63, 3.8) is 0 Å². The molecule has 23 heavy (non-hydrogen) atoms. The van der Waals surface area contributed by atoms with Crippen LogP contribution in [0.3, 0.4) is 0 Å². The number of thiophene rings is 1. The zero-order valence-corrected chi connectivity index (χ0v) is 12.0. The first kappa shape index (κ1) is 17.5. The highest BCUT2D eigenvalue weighted by molar-refractivity contribution is 7.20. The molecule has 2 rings (SSSR count). The molecule has 0 fully saturated rings. The van der Waals surface area contributed by atoms with E-state index in [1.807, 2.05) is 0 Å². The Labute approximate surface area is 128 Å². The molecule has 0 saturated carbocycles. The number of benzene rings is 1. The Morgan fingerprint density at radius 2 is 1.65 bits per heavy atom. The highest BCUT2D eigenvalue weighted by atomic mass is 32.1. The number of halogens is 7. The molecule has 0 atom stereocenters. The summed E-state index contributed by atoms with van der Waals surface area (Å²) in [5, 5.41) is -0.0643. The molecule has 1 heterocycles. The monoisotopic (exact) mass is 360 g/mol. The number of esters is 1. The van der Waals surface area contributed by atoms with Gasteiger partial charge in [0.15, 0.2) is 0 Å². The van der Waals surface area contributed by atoms with Crippen LogP contribution >= 0.6 is 11.3 Å². The summed E-state index contributed by atoms with van der Waals surface area (Å²) >= 11 is 0.833. The molecule has 0 N–H and O–H groups in total. The number of ether oxygens (including phenoxy) is 1. The highest BCUT2D eigenvalue weighted by Crippen LogP contribution is 2.52. The number of alkyl halides is 7. The number of rotatable bonds is 3. The van der Waals surface area contributed by atoms with Crippen LogP contribution in [0.2, 0.25) is 0 Å². The lowest BCUT2D eigenvalue weighted by atomic mass is 10.0. The van der Waals surface area contributed by atoms with E-state index >= 15 is 0 Å². The molecule has 0 aliphatic rings. The topological polar surface area (TPSA) is 26.3 Å². The summed E-state index contributed by atoms with van der Waals surface area (Å²) in [6.07, 6.45) is -6.41. The van der Waals surface area contributed by atoms with Gasteiger partial charge in [-0.1, -0.05) is 6.07 Å². The van der Waals surface area contributed by atoms with Gasteiger partial charge >= 0.3 is 24.0 Å². The number of hydrogen-bond donors (Lipinski definition) is 0. The number of carbonyl (C=O) groups is 1. The molecule has 0 amide bonds. The molecule has 0 spiro atoms. The summed E-state index contributed by atoms with van der Waals surface area (Å²) in [6, 6.07) is 3.00. The molecular weight excluding hydrogens is 353 g/mol. The molecule has 0 aliphatic heterocycles. The van der Waals surface area contributed by atoms with E-state index in [1.165, 1.54) is 0 Å². The van der Waals surface area contributed by atoms with Crippen LogP contribution < -0.4 is 0 Å². The SMILES string of the molecule is COC(=O)c1cc2cc(C(F)(F)C(F)(F)C(F)(F)F)ccc2s1. The summed E-state index contributed by atoms with van der Waals surface area (Å²) in [7, 11) is 1.08. The second-order valence-corrected chi connectivity index (χ2v) is 5.59. The van der Waals surface area contributed by atoms with Crippen LogP contribution in [-0.4, -0.2) is 25.2 Å². The third-order valence-corrected chi connectivity index (χ3v) is 4.11. The molecule has 2 aromatic rings. The second-order valence-electron chi connectivity index (χ2n) is 4.50. The third-order valence-electron chi connectivity index (χ3n) is 3.02. The minimum Gasteiger partial charge on any atom is -0.465 e. The largest absolute Gasteiger partial charge is 0.465 e. The van der Waals surface area contributed by atoms with Gasteiger partial charge in [0.2, 0.25) is 0 Å². The third kappa shape index (κ3) is 2.75. The van der Waals surface area contributed by atoms with Gasteiger partial charge in [-0.25, -0.2) is 4.79 Å². The van der Waals surface area contributed by atoms with E-state index in [0.717, 1.165) is 30.6 Å². The second kappa shape index (κ2) is 5.36. The highest BCUT2D eigenvalue weighted by Gasteiger charge is 2.73. The Bertz CT molecular complexity index is 748. The van der Waals surface area contributed by atoms with Crippen molar-refractivity contribution in [3.8, 4) is 0 Å². The molecule has 0 saturated heterocycles. The summed E-state index contributed by atoms with van der Waals surface area (Å²) in [5.74, 6) is -12.5. The van der Waals surface area contributed by atoms with E-state index in [-0.39, 0.29) is 15.0 Å². The maximum Gasteiger partial charge on any atom is 0.460 e.